The summed E-state index contributed by atoms with van der Waals surface area (Å²) in [4.78, 5) is 26.6. The average Bonchev–Trinajstić information content (AvgIpc) is 3.08. The van der Waals surface area contributed by atoms with Crippen LogP contribution >= 0.6 is 0 Å². The summed E-state index contributed by atoms with van der Waals surface area (Å²) in [5, 5.41) is 5.61. The molecule has 2 aromatic carbocycles. The molecule has 1 fully saturated rings. The third-order valence-electron chi connectivity index (χ3n) is 4.29. The highest BCUT2D eigenvalue weighted by atomic mass is 19.1. The van der Waals surface area contributed by atoms with Gasteiger partial charge >= 0.3 is 6.03 Å². The molecule has 0 aromatic heterocycles. The molecule has 0 saturated carbocycles. The Bertz CT molecular complexity index is 779. The number of hydrogen-bond acceptors (Lipinski definition) is 2. The highest BCUT2D eigenvalue weighted by Crippen LogP contribution is 2.22. The maximum Gasteiger partial charge on any atom is 0.322 e. The minimum atomic E-state index is -0.534. The number of nitrogens with one attached hydrogen (secondary N) is 2. The van der Waals surface area contributed by atoms with E-state index in [1.54, 1.807) is 24.0 Å². The van der Waals surface area contributed by atoms with Gasteiger partial charge in [0.05, 0.1) is 0 Å². The number of urea groups is 1. The van der Waals surface area contributed by atoms with Crippen molar-refractivity contribution in [3.8, 4) is 0 Å². The van der Waals surface area contributed by atoms with E-state index in [0.717, 1.165) is 6.42 Å². The largest absolute Gasteiger partial charge is 0.324 e. The second-order valence-electron chi connectivity index (χ2n) is 6.10. The number of nitrogens with zero attached hydrogens (tertiary/aromatic N) is 1. The third-order valence-corrected chi connectivity index (χ3v) is 4.29. The quantitative estimate of drug-likeness (QED) is 0.893. The van der Waals surface area contributed by atoms with Crippen LogP contribution in [-0.4, -0.2) is 29.4 Å². The van der Waals surface area contributed by atoms with Gasteiger partial charge in [-0.3, -0.25) is 4.79 Å². The highest BCUT2D eigenvalue weighted by Gasteiger charge is 2.34. The zero-order valence-electron chi connectivity index (χ0n) is 14.0. The van der Waals surface area contributed by atoms with Gasteiger partial charge < -0.3 is 15.5 Å². The Labute approximate surface area is 145 Å². The minimum absolute atomic E-state index is 0.254. The normalized spacial score (nSPS) is 16.6. The Kier molecular flexibility index (Phi) is 4.97. The van der Waals surface area contributed by atoms with Crippen molar-refractivity contribution >= 4 is 23.3 Å². The number of halogens is 1. The van der Waals surface area contributed by atoms with Crippen molar-refractivity contribution in [3.05, 3.63) is 59.9 Å². The summed E-state index contributed by atoms with van der Waals surface area (Å²) in [5.74, 6) is -0.601. The first-order chi connectivity index (χ1) is 12.0. The van der Waals surface area contributed by atoms with Crippen molar-refractivity contribution in [2.24, 2.45) is 0 Å². The topological polar surface area (TPSA) is 61.4 Å². The average molecular weight is 341 g/mol. The maximum atomic E-state index is 13.2. The number of amides is 3. The fourth-order valence-corrected chi connectivity index (χ4v) is 2.98. The lowest BCUT2D eigenvalue weighted by molar-refractivity contribution is -0.119. The van der Waals surface area contributed by atoms with Gasteiger partial charge in [0.25, 0.3) is 0 Å². The number of hydrogen-bond donors (Lipinski definition) is 2. The first kappa shape index (κ1) is 17.0. The SMILES string of the molecule is Cc1cc(F)ccc1NC(=O)[C@@H]1CCCN1C(=O)Nc1ccccc1. The van der Waals surface area contributed by atoms with Crippen LogP contribution in [0.2, 0.25) is 0 Å². The van der Waals surface area contributed by atoms with E-state index in [1.165, 1.54) is 18.2 Å². The van der Waals surface area contributed by atoms with Crippen molar-refractivity contribution in [1.29, 1.82) is 0 Å². The summed E-state index contributed by atoms with van der Waals surface area (Å²) < 4.78 is 13.2. The molecule has 0 aliphatic carbocycles. The number of benzene rings is 2. The van der Waals surface area contributed by atoms with Crippen LogP contribution in [0.1, 0.15) is 18.4 Å². The molecule has 25 heavy (non-hydrogen) atoms. The van der Waals surface area contributed by atoms with E-state index in [4.69, 9.17) is 0 Å². The molecule has 2 aromatic rings. The number of rotatable bonds is 3. The molecule has 1 saturated heterocycles. The van der Waals surface area contributed by atoms with Crippen LogP contribution in [0, 0.1) is 12.7 Å². The maximum absolute atomic E-state index is 13.2. The third kappa shape index (κ3) is 3.96. The molecule has 0 radical (unpaired) electrons. The summed E-state index contributed by atoms with van der Waals surface area (Å²) in [6.07, 6.45) is 1.37. The molecule has 1 atom stereocenters. The summed E-state index contributed by atoms with van der Waals surface area (Å²) in [6.45, 7) is 2.26. The lowest BCUT2D eigenvalue weighted by Crippen LogP contribution is -2.45. The van der Waals surface area contributed by atoms with E-state index in [2.05, 4.69) is 10.6 Å². The predicted octanol–water partition coefficient (Wildman–Crippen LogP) is 3.77. The fraction of sp³-hybridized carbons (Fsp3) is 0.263. The van der Waals surface area contributed by atoms with Crippen molar-refractivity contribution in [1.82, 2.24) is 4.90 Å². The summed E-state index contributed by atoms with van der Waals surface area (Å²) in [7, 11) is 0. The highest BCUT2D eigenvalue weighted by molar-refractivity contribution is 5.99. The Balaban J connectivity index is 1.68. The molecule has 6 heteroatoms. The molecule has 2 N–H and O–H groups in total. The van der Waals surface area contributed by atoms with Crippen molar-refractivity contribution in [3.63, 3.8) is 0 Å². The van der Waals surface area contributed by atoms with E-state index >= 15 is 0 Å². The van der Waals surface area contributed by atoms with Crippen LogP contribution in [0.25, 0.3) is 0 Å². The van der Waals surface area contributed by atoms with Gasteiger partial charge in [0.15, 0.2) is 0 Å². The zero-order valence-corrected chi connectivity index (χ0v) is 14.0. The molecule has 5 nitrogen and oxygen atoms in total. The standard InChI is InChI=1S/C19H20FN3O2/c1-13-12-14(20)9-10-16(13)22-18(24)17-8-5-11-23(17)19(25)21-15-6-3-2-4-7-15/h2-4,6-7,9-10,12,17H,5,8,11H2,1H3,(H,21,25)(H,22,24)/t17-/m0/s1. The first-order valence-electron chi connectivity index (χ1n) is 8.24. The van der Waals surface area contributed by atoms with Gasteiger partial charge in [-0.1, -0.05) is 18.2 Å². The van der Waals surface area contributed by atoms with Gasteiger partial charge in [0, 0.05) is 17.9 Å². The van der Waals surface area contributed by atoms with Crippen LogP contribution in [0.5, 0.6) is 0 Å². The molecule has 1 aliphatic rings. The molecule has 1 heterocycles. The second-order valence-corrected chi connectivity index (χ2v) is 6.10. The predicted molar refractivity (Wildman–Crippen MR) is 95.0 cm³/mol. The molecule has 1 aliphatic heterocycles. The summed E-state index contributed by atoms with van der Waals surface area (Å²) >= 11 is 0. The zero-order chi connectivity index (χ0) is 17.8. The van der Waals surface area contributed by atoms with Gasteiger partial charge in [-0.15, -0.1) is 0 Å². The summed E-state index contributed by atoms with van der Waals surface area (Å²) in [5.41, 5.74) is 1.89. The molecule has 3 amide bonds. The molecular weight excluding hydrogens is 321 g/mol. The number of carbonyl (C=O) groups excluding carboxylic acids is 2. The van der Waals surface area contributed by atoms with Crippen molar-refractivity contribution in [2.45, 2.75) is 25.8 Å². The smallest absolute Gasteiger partial charge is 0.322 e. The van der Waals surface area contributed by atoms with Gasteiger partial charge in [0.2, 0.25) is 5.91 Å². The van der Waals surface area contributed by atoms with E-state index in [0.29, 0.717) is 29.9 Å². The Morgan fingerprint density at radius 2 is 1.88 bits per heavy atom. The van der Waals surface area contributed by atoms with E-state index in [1.807, 2.05) is 18.2 Å². The van der Waals surface area contributed by atoms with E-state index in [-0.39, 0.29) is 17.8 Å². The van der Waals surface area contributed by atoms with Crippen molar-refractivity contribution in [2.75, 3.05) is 17.2 Å². The fourth-order valence-electron chi connectivity index (χ4n) is 2.98. The van der Waals surface area contributed by atoms with Crippen LogP contribution in [0.4, 0.5) is 20.6 Å². The number of anilines is 2. The van der Waals surface area contributed by atoms with Crippen molar-refractivity contribution < 1.29 is 14.0 Å². The van der Waals surface area contributed by atoms with Gasteiger partial charge in [0.1, 0.15) is 11.9 Å². The van der Waals surface area contributed by atoms with E-state index < -0.39 is 6.04 Å². The Hall–Kier alpha value is -2.89. The lowest BCUT2D eigenvalue weighted by atomic mass is 10.1. The second kappa shape index (κ2) is 7.34. The van der Waals surface area contributed by atoms with E-state index in [9.17, 15) is 14.0 Å². The molecular formula is C19H20FN3O2. The number of aryl methyl sites for hydroxylation is 1. The molecule has 0 spiro atoms. The van der Waals surface area contributed by atoms with Crippen LogP contribution in [0.3, 0.4) is 0 Å². The van der Waals surface area contributed by atoms with Crippen LogP contribution in [0.15, 0.2) is 48.5 Å². The molecule has 0 bridgehead atoms. The summed E-state index contributed by atoms with van der Waals surface area (Å²) in [6, 6.07) is 12.5. The number of carbonyl (C=O) groups is 2. The Morgan fingerprint density at radius 1 is 1.12 bits per heavy atom. The lowest BCUT2D eigenvalue weighted by Gasteiger charge is -2.24. The molecule has 3 rings (SSSR count). The molecule has 130 valence electrons. The first-order valence-corrected chi connectivity index (χ1v) is 8.24. The Morgan fingerprint density at radius 3 is 2.60 bits per heavy atom. The van der Waals surface area contributed by atoms with Crippen LogP contribution in [-0.2, 0) is 4.79 Å². The molecule has 0 unspecified atom stereocenters. The van der Waals surface area contributed by atoms with Gasteiger partial charge in [-0.05, 0) is 55.7 Å². The monoisotopic (exact) mass is 341 g/mol. The van der Waals surface area contributed by atoms with Gasteiger partial charge in [-0.2, -0.15) is 0 Å². The van der Waals surface area contributed by atoms with Gasteiger partial charge in [-0.25, -0.2) is 9.18 Å². The minimum Gasteiger partial charge on any atom is -0.324 e. The van der Waals surface area contributed by atoms with Crippen LogP contribution < -0.4 is 10.6 Å². The number of likely N-dealkylation sites (tertiary alicyclic amines) is 1. The number of para-hydroxylation sites is 1.